The van der Waals surface area contributed by atoms with E-state index in [1.165, 1.54) is 4.90 Å². The number of urea groups is 1. The summed E-state index contributed by atoms with van der Waals surface area (Å²) in [5.74, 6) is -0.687. The highest BCUT2D eigenvalue weighted by Crippen LogP contribution is 2.27. The molecule has 22 heavy (non-hydrogen) atoms. The third kappa shape index (κ3) is 2.48. The Bertz CT molecular complexity index is 599. The zero-order chi connectivity index (χ0) is 15.9. The Balaban J connectivity index is 1.59. The van der Waals surface area contributed by atoms with Crippen molar-refractivity contribution in [3.05, 3.63) is 11.6 Å². The van der Waals surface area contributed by atoms with Gasteiger partial charge in [-0.1, -0.05) is 6.08 Å². The minimum absolute atomic E-state index is 0.0374. The van der Waals surface area contributed by atoms with Crippen molar-refractivity contribution in [1.82, 2.24) is 15.4 Å². The van der Waals surface area contributed by atoms with E-state index in [0.29, 0.717) is 29.2 Å². The summed E-state index contributed by atoms with van der Waals surface area (Å²) in [4.78, 5) is 45.2. The molecule has 0 saturated carbocycles. The van der Waals surface area contributed by atoms with Crippen molar-refractivity contribution in [2.75, 3.05) is 13.2 Å². The third-order valence-electron chi connectivity index (χ3n) is 3.91. The van der Waals surface area contributed by atoms with Crippen LogP contribution in [0.25, 0.3) is 0 Å². The van der Waals surface area contributed by atoms with Gasteiger partial charge in [0.15, 0.2) is 0 Å². The highest BCUT2D eigenvalue weighted by atomic mass is 16.7. The van der Waals surface area contributed by atoms with Crippen LogP contribution >= 0.6 is 0 Å². The lowest BCUT2D eigenvalue weighted by Gasteiger charge is -2.28. The molecule has 9 heteroatoms. The molecule has 1 saturated heterocycles. The number of fused-ring (bicyclic) bond motifs is 2. The first-order chi connectivity index (χ1) is 10.5. The van der Waals surface area contributed by atoms with Crippen LogP contribution in [-0.2, 0) is 14.4 Å². The van der Waals surface area contributed by atoms with E-state index in [9.17, 15) is 19.6 Å². The van der Waals surface area contributed by atoms with E-state index in [1.54, 1.807) is 13.0 Å². The lowest BCUT2D eigenvalue weighted by Crippen LogP contribution is -2.50. The van der Waals surface area contributed by atoms with Gasteiger partial charge in [-0.3, -0.25) is 19.6 Å². The van der Waals surface area contributed by atoms with Crippen LogP contribution in [0.15, 0.2) is 16.6 Å². The number of hydroxylamine groups is 3. The molecular formula is C13H16N4O5. The van der Waals surface area contributed by atoms with Crippen molar-refractivity contribution in [3.8, 4) is 0 Å². The summed E-state index contributed by atoms with van der Waals surface area (Å²) in [6, 6.07) is -1.84. The molecule has 2 bridgehead atoms. The fourth-order valence-electron chi connectivity index (χ4n) is 2.85. The largest absolute Gasteiger partial charge is 0.345 e. The molecule has 0 aromatic rings. The summed E-state index contributed by atoms with van der Waals surface area (Å²) in [5.41, 5.74) is 3.52. The minimum atomic E-state index is -0.812. The molecule has 1 fully saturated rings. The first-order valence-corrected chi connectivity index (χ1v) is 6.95. The number of nitrogens with zero attached hydrogens (tertiary/aromatic N) is 3. The van der Waals surface area contributed by atoms with Crippen LogP contribution in [0.5, 0.6) is 0 Å². The van der Waals surface area contributed by atoms with Crippen molar-refractivity contribution in [3.63, 3.8) is 0 Å². The molecule has 0 aliphatic carbocycles. The molecule has 0 spiro atoms. The summed E-state index contributed by atoms with van der Waals surface area (Å²) in [5, 5.41) is 10.2. The predicted octanol–water partition coefficient (Wildman–Crippen LogP) is -0.381. The van der Waals surface area contributed by atoms with Crippen molar-refractivity contribution in [2.45, 2.75) is 31.8 Å². The second-order valence-corrected chi connectivity index (χ2v) is 5.49. The molecule has 3 rings (SSSR count). The average Bonchev–Trinajstić information content (AvgIpc) is 2.98. The van der Waals surface area contributed by atoms with Gasteiger partial charge >= 0.3 is 6.03 Å². The molecule has 0 unspecified atom stereocenters. The van der Waals surface area contributed by atoms with Gasteiger partial charge in [0.2, 0.25) is 5.91 Å². The molecule has 3 heterocycles. The highest BCUT2D eigenvalue weighted by Gasteiger charge is 2.46. The molecule has 9 nitrogen and oxygen atoms in total. The maximum Gasteiger partial charge on any atom is 0.345 e. The van der Waals surface area contributed by atoms with E-state index in [0.717, 1.165) is 0 Å². The SMILES string of the molecule is CC1=C[C@@H]2CN(C(=O)N2O)[C@@H]1C(=O)NOCC1=NC(=O)CC1. The number of amides is 4. The second-order valence-electron chi connectivity index (χ2n) is 5.49. The Labute approximate surface area is 126 Å². The highest BCUT2D eigenvalue weighted by molar-refractivity contribution is 6.02. The zero-order valence-electron chi connectivity index (χ0n) is 12.0. The summed E-state index contributed by atoms with van der Waals surface area (Å²) in [6.07, 6.45) is 2.58. The Morgan fingerprint density at radius 1 is 1.50 bits per heavy atom. The molecule has 2 N–H and O–H groups in total. The van der Waals surface area contributed by atoms with Crippen LogP contribution in [-0.4, -0.2) is 64.0 Å². The molecule has 0 aromatic carbocycles. The monoisotopic (exact) mass is 308 g/mol. The number of rotatable bonds is 4. The van der Waals surface area contributed by atoms with Crippen molar-refractivity contribution in [1.29, 1.82) is 0 Å². The molecule has 0 aromatic heterocycles. The van der Waals surface area contributed by atoms with Gasteiger partial charge in [0.25, 0.3) is 5.91 Å². The Kier molecular flexibility index (Phi) is 3.67. The number of hydrogen-bond acceptors (Lipinski definition) is 5. The van der Waals surface area contributed by atoms with Gasteiger partial charge in [0.1, 0.15) is 12.6 Å². The van der Waals surface area contributed by atoms with Gasteiger partial charge in [-0.25, -0.2) is 15.3 Å². The number of carbonyl (C=O) groups is 3. The van der Waals surface area contributed by atoms with Crippen LogP contribution < -0.4 is 5.48 Å². The number of carbonyl (C=O) groups excluding carboxylic acids is 3. The molecule has 0 radical (unpaired) electrons. The third-order valence-corrected chi connectivity index (χ3v) is 3.91. The standard InChI is InChI=1S/C13H16N4O5/c1-7-4-9-5-16(13(20)17(9)21)11(7)12(19)15-22-6-8-2-3-10(18)14-8/h4,9,11,21H,2-3,5-6H2,1H3,(H,15,19)/t9-,11+/m1/s1. The van der Waals surface area contributed by atoms with Gasteiger partial charge in [-0.2, -0.15) is 5.06 Å². The van der Waals surface area contributed by atoms with Crippen LogP contribution in [0, 0.1) is 0 Å². The molecule has 4 amide bonds. The summed E-state index contributed by atoms with van der Waals surface area (Å²) in [7, 11) is 0. The zero-order valence-corrected chi connectivity index (χ0v) is 12.0. The van der Waals surface area contributed by atoms with Gasteiger partial charge < -0.3 is 4.90 Å². The Morgan fingerprint density at radius 3 is 2.95 bits per heavy atom. The van der Waals surface area contributed by atoms with Gasteiger partial charge in [0, 0.05) is 6.42 Å². The van der Waals surface area contributed by atoms with Crippen molar-refractivity contribution < 1.29 is 24.4 Å². The second kappa shape index (κ2) is 5.50. The van der Waals surface area contributed by atoms with Crippen LogP contribution in [0.1, 0.15) is 19.8 Å². The Hall–Kier alpha value is -2.26. The normalized spacial score (nSPS) is 27.2. The summed E-state index contributed by atoms with van der Waals surface area (Å²) in [6.45, 7) is 2.01. The predicted molar refractivity (Wildman–Crippen MR) is 72.8 cm³/mol. The summed E-state index contributed by atoms with van der Waals surface area (Å²) >= 11 is 0. The van der Waals surface area contributed by atoms with Gasteiger partial charge in [-0.05, 0) is 18.9 Å². The number of aliphatic imine (C=N–C) groups is 1. The van der Waals surface area contributed by atoms with E-state index in [2.05, 4.69) is 10.5 Å². The number of hydrogen-bond donors (Lipinski definition) is 2. The topological polar surface area (TPSA) is 112 Å². The summed E-state index contributed by atoms with van der Waals surface area (Å²) < 4.78 is 0. The maximum absolute atomic E-state index is 12.2. The minimum Gasteiger partial charge on any atom is -0.304 e. The van der Waals surface area contributed by atoms with E-state index < -0.39 is 24.0 Å². The van der Waals surface area contributed by atoms with Gasteiger partial charge in [-0.15, -0.1) is 0 Å². The van der Waals surface area contributed by atoms with Crippen LogP contribution in [0.4, 0.5) is 4.79 Å². The average molecular weight is 308 g/mol. The lowest BCUT2D eigenvalue weighted by atomic mass is 10.0. The molecule has 3 aliphatic heterocycles. The maximum atomic E-state index is 12.2. The Morgan fingerprint density at radius 2 is 2.27 bits per heavy atom. The van der Waals surface area contributed by atoms with Crippen LogP contribution in [0.3, 0.4) is 0 Å². The van der Waals surface area contributed by atoms with Crippen molar-refractivity contribution in [2.24, 2.45) is 4.99 Å². The van der Waals surface area contributed by atoms with Crippen LogP contribution in [0.2, 0.25) is 0 Å². The van der Waals surface area contributed by atoms with E-state index in [1.807, 2.05) is 0 Å². The molecule has 2 atom stereocenters. The quantitative estimate of drug-likeness (QED) is 0.418. The number of nitrogens with one attached hydrogen (secondary N) is 1. The first-order valence-electron chi connectivity index (χ1n) is 6.95. The molecular weight excluding hydrogens is 292 g/mol. The van der Waals surface area contributed by atoms with Gasteiger partial charge in [0.05, 0.1) is 18.3 Å². The molecule has 3 aliphatic rings. The van der Waals surface area contributed by atoms with E-state index >= 15 is 0 Å². The fraction of sp³-hybridized carbons (Fsp3) is 0.538. The fourth-order valence-corrected chi connectivity index (χ4v) is 2.85. The van der Waals surface area contributed by atoms with Crippen molar-refractivity contribution >= 4 is 23.6 Å². The van der Waals surface area contributed by atoms with E-state index in [-0.39, 0.29) is 19.1 Å². The lowest BCUT2D eigenvalue weighted by molar-refractivity contribution is -0.135. The molecule has 118 valence electrons. The first kappa shape index (κ1) is 14.7. The van der Waals surface area contributed by atoms with E-state index in [4.69, 9.17) is 4.84 Å². The smallest absolute Gasteiger partial charge is 0.304 e.